The quantitative estimate of drug-likeness (QED) is 0.533. The predicted molar refractivity (Wildman–Crippen MR) is 55.2 cm³/mol. The van der Waals surface area contributed by atoms with Gasteiger partial charge in [-0.1, -0.05) is 30.2 Å². The summed E-state index contributed by atoms with van der Waals surface area (Å²) in [5.74, 6) is 0.630. The Hall–Kier alpha value is -1.51. The van der Waals surface area contributed by atoms with Crippen LogP contribution in [0.25, 0.3) is 0 Å². The zero-order valence-electron chi connectivity index (χ0n) is 7.29. The zero-order chi connectivity index (χ0) is 9.68. The van der Waals surface area contributed by atoms with Crippen LogP contribution < -0.4 is 10.2 Å². The normalized spacial score (nSPS) is 9.23. The van der Waals surface area contributed by atoms with Crippen molar-refractivity contribution in [2.24, 2.45) is 0 Å². The van der Waals surface area contributed by atoms with Gasteiger partial charge < -0.3 is 10.1 Å². The van der Waals surface area contributed by atoms with Gasteiger partial charge in [-0.3, -0.25) is 0 Å². The maximum absolute atomic E-state index is 6.89. The second-order valence-corrected chi connectivity index (χ2v) is 2.63. The molecule has 0 fully saturated rings. The van der Waals surface area contributed by atoms with E-state index in [1.165, 1.54) is 6.21 Å². The fourth-order valence-electron chi connectivity index (χ4n) is 0.824. The average Bonchev–Trinajstić information content (AvgIpc) is 2.16. The maximum atomic E-state index is 6.89. The van der Waals surface area contributed by atoms with Crippen LogP contribution in [0.5, 0.6) is 5.75 Å². The maximum Gasteiger partial charge on any atom is 0.119 e. The fourth-order valence-corrected chi connectivity index (χ4v) is 0.824. The van der Waals surface area contributed by atoms with E-state index >= 15 is 0 Å². The van der Waals surface area contributed by atoms with Gasteiger partial charge in [-0.25, -0.2) is 0 Å². The van der Waals surface area contributed by atoms with Crippen LogP contribution in [-0.2, 0) is 0 Å². The summed E-state index contributed by atoms with van der Waals surface area (Å²) in [6.07, 6.45) is 1.17. The van der Waals surface area contributed by atoms with E-state index in [9.17, 15) is 0 Å². The lowest BCUT2D eigenvalue weighted by atomic mass is 9.95. The summed E-state index contributed by atoms with van der Waals surface area (Å²) < 4.78 is 5.31. The monoisotopic (exact) mass is 171 g/mol. The predicted octanol–water partition coefficient (Wildman–Crippen LogP) is 1.06. The Morgan fingerprint density at radius 3 is 2.85 bits per heavy atom. The minimum Gasteiger partial charge on any atom is -0.490 e. The molecule has 0 unspecified atom stereocenters. The first-order valence-corrected chi connectivity index (χ1v) is 3.89. The number of ether oxygens (including phenoxy) is 1. The Morgan fingerprint density at radius 1 is 1.54 bits per heavy atom. The lowest BCUT2D eigenvalue weighted by Crippen LogP contribution is -2.10. The van der Waals surface area contributed by atoms with Crippen LogP contribution in [-0.4, -0.2) is 20.7 Å². The van der Waals surface area contributed by atoms with E-state index < -0.39 is 0 Å². The summed E-state index contributed by atoms with van der Waals surface area (Å²) in [6, 6.07) is 7.24. The lowest BCUT2D eigenvalue weighted by Gasteiger charge is -2.07. The molecule has 0 spiro atoms. The molecule has 0 bridgehead atoms. The first kappa shape index (κ1) is 9.58. The van der Waals surface area contributed by atoms with E-state index in [-0.39, 0.29) is 0 Å². The second-order valence-electron chi connectivity index (χ2n) is 2.63. The second kappa shape index (κ2) is 4.50. The molecule has 0 aliphatic heterocycles. The van der Waals surface area contributed by atoms with Gasteiger partial charge in [0.15, 0.2) is 0 Å². The zero-order valence-corrected chi connectivity index (χ0v) is 7.29. The molecule has 1 rings (SSSR count). The van der Waals surface area contributed by atoms with Crippen molar-refractivity contribution in [3.05, 3.63) is 36.4 Å². The average molecular weight is 171 g/mol. The molecule has 3 heteroatoms. The van der Waals surface area contributed by atoms with Gasteiger partial charge in [-0.05, 0) is 11.6 Å². The largest absolute Gasteiger partial charge is 0.490 e. The van der Waals surface area contributed by atoms with Crippen LogP contribution in [0.1, 0.15) is 0 Å². The minimum absolute atomic E-state index is 0.303. The van der Waals surface area contributed by atoms with Crippen molar-refractivity contribution < 1.29 is 4.74 Å². The van der Waals surface area contributed by atoms with E-state index in [1.807, 2.05) is 12.1 Å². The summed E-state index contributed by atoms with van der Waals surface area (Å²) in [6.45, 7) is 3.91. The molecule has 0 aliphatic carbocycles. The van der Waals surface area contributed by atoms with Crippen LogP contribution in [0.2, 0.25) is 0 Å². The number of hydrogen-bond acceptors (Lipinski definition) is 2. The number of para-hydroxylation sites is 1. The first-order valence-electron chi connectivity index (χ1n) is 3.89. The van der Waals surface area contributed by atoms with Gasteiger partial charge in [0.25, 0.3) is 0 Å². The first-order chi connectivity index (χ1) is 6.24. The summed E-state index contributed by atoms with van der Waals surface area (Å²) >= 11 is 0. The molecule has 1 aromatic carbocycles. The van der Waals surface area contributed by atoms with E-state index in [1.54, 1.807) is 12.1 Å². The van der Waals surface area contributed by atoms with Crippen molar-refractivity contribution in [2.75, 3.05) is 6.61 Å². The molecular weight excluding hydrogens is 161 g/mol. The van der Waals surface area contributed by atoms with Gasteiger partial charge in [0.1, 0.15) is 20.2 Å². The molecular formula is C10H10BNO. The van der Waals surface area contributed by atoms with Gasteiger partial charge in [-0.15, -0.1) is 0 Å². The third kappa shape index (κ3) is 2.78. The number of rotatable bonds is 4. The SMILES string of the molecule is [B]c1ccccc1OCC(=C)C=N. The van der Waals surface area contributed by atoms with Crippen LogP contribution in [0.4, 0.5) is 0 Å². The fraction of sp³-hybridized carbons (Fsp3) is 0.100. The van der Waals surface area contributed by atoms with Crippen LogP contribution in [0.15, 0.2) is 36.4 Å². The third-order valence-corrected chi connectivity index (χ3v) is 1.54. The lowest BCUT2D eigenvalue weighted by molar-refractivity contribution is 0.361. The number of nitrogens with one attached hydrogen (secondary N) is 1. The topological polar surface area (TPSA) is 33.1 Å². The molecule has 1 aromatic rings. The van der Waals surface area contributed by atoms with Gasteiger partial charge in [0.05, 0.1) is 0 Å². The van der Waals surface area contributed by atoms with Crippen molar-refractivity contribution in [3.63, 3.8) is 0 Å². The van der Waals surface area contributed by atoms with Crippen molar-refractivity contribution in [3.8, 4) is 5.75 Å². The van der Waals surface area contributed by atoms with Gasteiger partial charge in [-0.2, -0.15) is 0 Å². The molecule has 0 heterocycles. The van der Waals surface area contributed by atoms with Crippen molar-refractivity contribution in [2.45, 2.75) is 0 Å². The van der Waals surface area contributed by atoms with Crippen molar-refractivity contribution >= 4 is 19.5 Å². The van der Waals surface area contributed by atoms with E-state index in [4.69, 9.17) is 18.0 Å². The highest BCUT2D eigenvalue weighted by Crippen LogP contribution is 2.05. The molecule has 13 heavy (non-hydrogen) atoms. The molecule has 0 saturated carbocycles. The Balaban J connectivity index is 2.59. The van der Waals surface area contributed by atoms with Gasteiger partial charge >= 0.3 is 0 Å². The highest BCUT2D eigenvalue weighted by molar-refractivity contribution is 6.34. The molecule has 0 aliphatic rings. The third-order valence-electron chi connectivity index (χ3n) is 1.54. The number of hydrogen-bond donors (Lipinski definition) is 1. The highest BCUT2D eigenvalue weighted by Gasteiger charge is 1.96. The number of benzene rings is 1. The Bertz CT molecular complexity index is 322. The summed E-state index contributed by atoms with van der Waals surface area (Å²) in [7, 11) is 5.64. The molecule has 0 atom stereocenters. The van der Waals surface area contributed by atoms with E-state index in [0.29, 0.717) is 23.4 Å². The van der Waals surface area contributed by atoms with Crippen LogP contribution in [0, 0.1) is 5.41 Å². The van der Waals surface area contributed by atoms with Crippen molar-refractivity contribution in [1.82, 2.24) is 0 Å². The van der Waals surface area contributed by atoms with E-state index in [2.05, 4.69) is 6.58 Å². The Kier molecular flexibility index (Phi) is 3.32. The molecule has 0 aromatic heterocycles. The molecule has 2 radical (unpaired) electrons. The Labute approximate surface area is 79.2 Å². The molecule has 64 valence electrons. The van der Waals surface area contributed by atoms with E-state index in [0.717, 1.165) is 0 Å². The Morgan fingerprint density at radius 2 is 2.23 bits per heavy atom. The van der Waals surface area contributed by atoms with Crippen LogP contribution >= 0.6 is 0 Å². The van der Waals surface area contributed by atoms with Gasteiger partial charge in [0.2, 0.25) is 0 Å². The standard InChI is InChI=1S/C10H10BNO/c1-8(6-12)7-13-10-5-3-2-4-9(10)11/h2-6,12H,1,7H2. The summed E-state index contributed by atoms with van der Waals surface area (Å²) in [5.41, 5.74) is 1.21. The molecule has 2 nitrogen and oxygen atoms in total. The molecule has 0 amide bonds. The summed E-state index contributed by atoms with van der Waals surface area (Å²) in [4.78, 5) is 0. The van der Waals surface area contributed by atoms with Crippen LogP contribution in [0.3, 0.4) is 0 Å². The highest BCUT2D eigenvalue weighted by atomic mass is 16.5. The van der Waals surface area contributed by atoms with Gasteiger partial charge in [0, 0.05) is 6.21 Å². The van der Waals surface area contributed by atoms with Crippen molar-refractivity contribution in [1.29, 1.82) is 5.41 Å². The minimum atomic E-state index is 0.303. The summed E-state index contributed by atoms with van der Waals surface area (Å²) in [5, 5.41) is 6.89. The molecule has 0 saturated heterocycles. The smallest absolute Gasteiger partial charge is 0.119 e. The molecule has 1 N–H and O–H groups in total.